The molecule has 0 atom stereocenters. The summed E-state index contributed by atoms with van der Waals surface area (Å²) in [6.45, 7) is 6.06. The summed E-state index contributed by atoms with van der Waals surface area (Å²) in [6.07, 6.45) is 3.64. The minimum absolute atomic E-state index is 0.641. The smallest absolute Gasteiger partial charge is 0.254 e. The van der Waals surface area contributed by atoms with E-state index in [1.165, 1.54) is 0 Å². The third-order valence-electron chi connectivity index (χ3n) is 2.10. The van der Waals surface area contributed by atoms with Gasteiger partial charge in [-0.25, -0.2) is 4.98 Å². The number of hydrogen-bond acceptors (Lipinski definition) is 4. The zero-order valence-electron chi connectivity index (χ0n) is 9.01. The van der Waals surface area contributed by atoms with E-state index in [0.29, 0.717) is 11.7 Å². The van der Waals surface area contributed by atoms with Gasteiger partial charge in [-0.2, -0.15) is 0 Å². The van der Waals surface area contributed by atoms with Crippen molar-refractivity contribution in [2.75, 3.05) is 6.54 Å². The molecule has 0 aliphatic carbocycles. The Labute approximate surface area is 88.6 Å². The van der Waals surface area contributed by atoms with E-state index >= 15 is 0 Å². The topological polar surface area (TPSA) is 55.1 Å². The first kappa shape index (κ1) is 10.0. The van der Waals surface area contributed by atoms with Crippen molar-refractivity contribution in [3.05, 3.63) is 24.3 Å². The number of hydrogen-bond donors (Lipinski definition) is 1. The van der Waals surface area contributed by atoms with Gasteiger partial charge in [0, 0.05) is 12.4 Å². The van der Waals surface area contributed by atoms with Crippen LogP contribution in [0.2, 0.25) is 0 Å². The zero-order valence-corrected chi connectivity index (χ0v) is 9.01. The molecule has 0 bridgehead atoms. The standard InChI is InChI=1S/C10H15N5/c1-8(2)6-11-7-9-13-14-10-12-4-3-5-15(9)10/h3-5,8,11H,6-7H2,1-2H3. The van der Waals surface area contributed by atoms with Gasteiger partial charge in [-0.3, -0.25) is 4.40 Å². The lowest BCUT2D eigenvalue weighted by Gasteiger charge is -2.05. The van der Waals surface area contributed by atoms with Gasteiger partial charge in [0.05, 0.1) is 6.54 Å². The van der Waals surface area contributed by atoms with Crippen molar-refractivity contribution >= 4 is 5.78 Å². The normalized spacial score (nSPS) is 11.4. The number of aromatic nitrogens is 4. The molecule has 2 aromatic rings. The molecule has 15 heavy (non-hydrogen) atoms. The first-order valence-corrected chi connectivity index (χ1v) is 5.12. The second-order valence-corrected chi connectivity index (χ2v) is 3.93. The lowest BCUT2D eigenvalue weighted by atomic mass is 10.2. The van der Waals surface area contributed by atoms with Crippen molar-refractivity contribution in [2.24, 2.45) is 5.92 Å². The summed E-state index contributed by atoms with van der Waals surface area (Å²) in [5.41, 5.74) is 0. The highest BCUT2D eigenvalue weighted by molar-refractivity contribution is 5.25. The summed E-state index contributed by atoms with van der Waals surface area (Å²) in [5, 5.41) is 11.4. The maximum Gasteiger partial charge on any atom is 0.254 e. The second kappa shape index (κ2) is 4.35. The van der Waals surface area contributed by atoms with E-state index in [1.54, 1.807) is 6.20 Å². The van der Waals surface area contributed by atoms with Gasteiger partial charge in [0.15, 0.2) is 5.82 Å². The highest BCUT2D eigenvalue weighted by Gasteiger charge is 2.04. The van der Waals surface area contributed by atoms with Crippen molar-refractivity contribution in [1.29, 1.82) is 0 Å². The van der Waals surface area contributed by atoms with Gasteiger partial charge in [-0.05, 0) is 18.5 Å². The highest BCUT2D eigenvalue weighted by atomic mass is 15.3. The summed E-state index contributed by atoms with van der Waals surface area (Å²) in [5.74, 6) is 2.19. The first-order valence-electron chi connectivity index (χ1n) is 5.12. The molecule has 0 fully saturated rings. The molecular weight excluding hydrogens is 190 g/mol. The summed E-state index contributed by atoms with van der Waals surface area (Å²) in [6, 6.07) is 1.88. The van der Waals surface area contributed by atoms with Crippen molar-refractivity contribution in [3.8, 4) is 0 Å². The molecule has 5 heteroatoms. The van der Waals surface area contributed by atoms with Crippen LogP contribution in [0.1, 0.15) is 19.7 Å². The van der Waals surface area contributed by atoms with Gasteiger partial charge in [-0.1, -0.05) is 13.8 Å². The number of nitrogens with one attached hydrogen (secondary N) is 1. The van der Waals surface area contributed by atoms with Gasteiger partial charge >= 0.3 is 0 Å². The maximum absolute atomic E-state index is 4.11. The molecule has 0 amide bonds. The molecule has 5 nitrogen and oxygen atoms in total. The molecule has 0 saturated heterocycles. The van der Waals surface area contributed by atoms with Gasteiger partial charge in [0.1, 0.15) is 0 Å². The van der Waals surface area contributed by atoms with Crippen molar-refractivity contribution in [2.45, 2.75) is 20.4 Å². The fraction of sp³-hybridized carbons (Fsp3) is 0.500. The highest BCUT2D eigenvalue weighted by Crippen LogP contribution is 1.99. The Morgan fingerprint density at radius 3 is 3.07 bits per heavy atom. The van der Waals surface area contributed by atoms with Crippen molar-refractivity contribution in [3.63, 3.8) is 0 Å². The molecule has 0 spiro atoms. The van der Waals surface area contributed by atoms with Crippen LogP contribution in [0.25, 0.3) is 5.78 Å². The fourth-order valence-electron chi connectivity index (χ4n) is 1.38. The van der Waals surface area contributed by atoms with E-state index in [9.17, 15) is 0 Å². The maximum atomic E-state index is 4.11. The average Bonchev–Trinajstić information content (AvgIpc) is 2.62. The van der Waals surface area contributed by atoms with Crippen LogP contribution in [0.4, 0.5) is 0 Å². The Morgan fingerprint density at radius 2 is 2.27 bits per heavy atom. The van der Waals surface area contributed by atoms with Crippen LogP contribution < -0.4 is 5.32 Å². The lowest BCUT2D eigenvalue weighted by molar-refractivity contribution is 0.541. The molecule has 0 radical (unpaired) electrons. The molecule has 2 heterocycles. The van der Waals surface area contributed by atoms with Crippen LogP contribution in [-0.4, -0.2) is 26.1 Å². The summed E-state index contributed by atoms with van der Waals surface area (Å²) >= 11 is 0. The minimum Gasteiger partial charge on any atom is -0.310 e. The fourth-order valence-corrected chi connectivity index (χ4v) is 1.38. The van der Waals surface area contributed by atoms with Crippen molar-refractivity contribution < 1.29 is 0 Å². The molecule has 0 saturated carbocycles. The Bertz CT molecular complexity index is 434. The monoisotopic (exact) mass is 205 g/mol. The first-order chi connectivity index (χ1) is 7.27. The largest absolute Gasteiger partial charge is 0.310 e. The number of rotatable bonds is 4. The van der Waals surface area contributed by atoms with Gasteiger partial charge in [0.2, 0.25) is 0 Å². The molecule has 1 N–H and O–H groups in total. The van der Waals surface area contributed by atoms with E-state index < -0.39 is 0 Å². The van der Waals surface area contributed by atoms with Crippen LogP contribution in [0, 0.1) is 5.92 Å². The SMILES string of the molecule is CC(C)CNCc1nnc2ncccn12. The minimum atomic E-state index is 0.641. The van der Waals surface area contributed by atoms with E-state index in [1.807, 2.05) is 16.7 Å². The Morgan fingerprint density at radius 1 is 1.40 bits per heavy atom. The van der Waals surface area contributed by atoms with Crippen LogP contribution >= 0.6 is 0 Å². The molecule has 0 unspecified atom stereocenters. The van der Waals surface area contributed by atoms with Gasteiger partial charge in [-0.15, -0.1) is 10.2 Å². The number of fused-ring (bicyclic) bond motifs is 1. The number of nitrogens with zero attached hydrogens (tertiary/aromatic N) is 4. The Hall–Kier alpha value is -1.49. The van der Waals surface area contributed by atoms with Crippen LogP contribution in [-0.2, 0) is 6.54 Å². The molecule has 0 aromatic carbocycles. The molecule has 2 rings (SSSR count). The molecular formula is C10H15N5. The van der Waals surface area contributed by atoms with E-state index in [4.69, 9.17) is 0 Å². The van der Waals surface area contributed by atoms with Crippen molar-refractivity contribution in [1.82, 2.24) is 24.9 Å². The predicted octanol–water partition coefficient (Wildman–Crippen LogP) is 0.870. The Kier molecular flexibility index (Phi) is 2.91. The summed E-state index contributed by atoms with van der Waals surface area (Å²) < 4.78 is 1.90. The van der Waals surface area contributed by atoms with E-state index in [-0.39, 0.29) is 0 Å². The molecule has 2 aromatic heterocycles. The van der Waals surface area contributed by atoms with Crippen LogP contribution in [0.5, 0.6) is 0 Å². The quantitative estimate of drug-likeness (QED) is 0.804. The van der Waals surface area contributed by atoms with E-state index in [0.717, 1.165) is 18.9 Å². The van der Waals surface area contributed by atoms with E-state index in [2.05, 4.69) is 34.3 Å². The lowest BCUT2D eigenvalue weighted by Crippen LogP contribution is -2.20. The molecule has 0 aliphatic heterocycles. The Balaban J connectivity index is 2.08. The summed E-state index contributed by atoms with van der Waals surface area (Å²) in [4.78, 5) is 4.11. The van der Waals surface area contributed by atoms with Gasteiger partial charge < -0.3 is 5.32 Å². The second-order valence-electron chi connectivity index (χ2n) is 3.93. The molecule has 0 aliphatic rings. The van der Waals surface area contributed by atoms with Gasteiger partial charge in [0.25, 0.3) is 5.78 Å². The molecule has 80 valence electrons. The predicted molar refractivity (Wildman–Crippen MR) is 57.3 cm³/mol. The zero-order chi connectivity index (χ0) is 10.7. The third kappa shape index (κ3) is 2.30. The average molecular weight is 205 g/mol. The summed E-state index contributed by atoms with van der Waals surface area (Å²) in [7, 11) is 0. The third-order valence-corrected chi connectivity index (χ3v) is 2.10. The van der Waals surface area contributed by atoms with Crippen LogP contribution in [0.3, 0.4) is 0 Å². The van der Waals surface area contributed by atoms with Crippen LogP contribution in [0.15, 0.2) is 18.5 Å².